The Balaban J connectivity index is 1.41. The molecule has 0 fully saturated rings. The Bertz CT molecular complexity index is 1160. The molecular formula is C22H19N3OS. The molecule has 0 aliphatic carbocycles. The van der Waals surface area contributed by atoms with Crippen molar-refractivity contribution in [1.82, 2.24) is 9.97 Å². The Hall–Kier alpha value is -2.92. The highest BCUT2D eigenvalue weighted by atomic mass is 32.1. The van der Waals surface area contributed by atoms with Gasteiger partial charge in [-0.1, -0.05) is 24.3 Å². The predicted molar refractivity (Wildman–Crippen MR) is 110 cm³/mol. The zero-order valence-electron chi connectivity index (χ0n) is 15.0. The number of benzene rings is 2. The summed E-state index contributed by atoms with van der Waals surface area (Å²) in [4.78, 5) is 22.7. The molecule has 0 bridgehead atoms. The molecule has 0 radical (unpaired) electrons. The summed E-state index contributed by atoms with van der Waals surface area (Å²) in [6.45, 7) is 2.77. The molecule has 3 heterocycles. The molecule has 0 unspecified atom stereocenters. The van der Waals surface area contributed by atoms with Crippen LogP contribution in [0.2, 0.25) is 0 Å². The fraction of sp³-hybridized carbons (Fsp3) is 0.182. The van der Waals surface area contributed by atoms with E-state index < -0.39 is 0 Å². The zero-order chi connectivity index (χ0) is 18.4. The molecule has 2 aromatic heterocycles. The van der Waals surface area contributed by atoms with E-state index >= 15 is 0 Å². The van der Waals surface area contributed by atoms with Gasteiger partial charge in [-0.25, -0.2) is 4.98 Å². The molecule has 2 aromatic carbocycles. The molecule has 0 atom stereocenters. The van der Waals surface area contributed by atoms with Crippen LogP contribution in [0.4, 0.5) is 5.69 Å². The van der Waals surface area contributed by atoms with Crippen molar-refractivity contribution in [3.05, 3.63) is 70.2 Å². The van der Waals surface area contributed by atoms with Crippen molar-refractivity contribution in [3.63, 3.8) is 0 Å². The highest BCUT2D eigenvalue weighted by Crippen LogP contribution is 2.33. The van der Waals surface area contributed by atoms with Crippen LogP contribution in [0.5, 0.6) is 0 Å². The Morgan fingerprint density at radius 3 is 3.00 bits per heavy atom. The van der Waals surface area contributed by atoms with E-state index in [1.807, 2.05) is 36.2 Å². The molecule has 0 spiro atoms. The van der Waals surface area contributed by atoms with E-state index in [-0.39, 0.29) is 5.91 Å². The smallest absolute Gasteiger partial charge is 0.231 e. The normalized spacial score (nSPS) is 13.3. The van der Waals surface area contributed by atoms with Crippen molar-refractivity contribution in [2.75, 3.05) is 11.4 Å². The van der Waals surface area contributed by atoms with Gasteiger partial charge < -0.3 is 9.88 Å². The highest BCUT2D eigenvalue weighted by Gasteiger charge is 2.25. The molecule has 0 saturated heterocycles. The minimum absolute atomic E-state index is 0.149. The van der Waals surface area contributed by atoms with E-state index in [1.165, 1.54) is 5.56 Å². The van der Waals surface area contributed by atoms with Gasteiger partial charge in [0, 0.05) is 40.3 Å². The average Bonchev–Trinajstić information content (AvgIpc) is 3.40. The van der Waals surface area contributed by atoms with Gasteiger partial charge in [0.15, 0.2) is 0 Å². The number of thiazole rings is 1. The van der Waals surface area contributed by atoms with Crippen LogP contribution in [0.25, 0.3) is 22.2 Å². The van der Waals surface area contributed by atoms with E-state index in [9.17, 15) is 4.79 Å². The van der Waals surface area contributed by atoms with Gasteiger partial charge in [0.05, 0.1) is 17.1 Å². The van der Waals surface area contributed by atoms with Gasteiger partial charge >= 0.3 is 0 Å². The van der Waals surface area contributed by atoms with Crippen molar-refractivity contribution in [2.45, 2.75) is 19.8 Å². The molecule has 1 N–H and O–H groups in total. The first-order chi connectivity index (χ1) is 13.2. The van der Waals surface area contributed by atoms with Gasteiger partial charge in [0.2, 0.25) is 5.91 Å². The molecule has 1 aliphatic rings. The maximum absolute atomic E-state index is 13.0. The number of nitrogens with zero attached hydrogens (tertiary/aromatic N) is 2. The molecule has 27 heavy (non-hydrogen) atoms. The highest BCUT2D eigenvalue weighted by molar-refractivity contribution is 7.09. The molecule has 1 amide bonds. The maximum atomic E-state index is 13.0. The van der Waals surface area contributed by atoms with Crippen LogP contribution >= 0.6 is 11.3 Å². The van der Waals surface area contributed by atoms with Gasteiger partial charge in [-0.2, -0.15) is 0 Å². The number of amides is 1. The third kappa shape index (κ3) is 2.84. The lowest BCUT2D eigenvalue weighted by atomic mass is 10.1. The Labute approximate surface area is 161 Å². The van der Waals surface area contributed by atoms with E-state index in [4.69, 9.17) is 0 Å². The van der Waals surface area contributed by atoms with Gasteiger partial charge in [-0.15, -0.1) is 11.3 Å². The molecule has 4 aromatic rings. The predicted octanol–water partition coefficient (Wildman–Crippen LogP) is 4.73. The van der Waals surface area contributed by atoms with Crippen molar-refractivity contribution < 1.29 is 4.79 Å². The molecule has 4 nitrogen and oxygen atoms in total. The zero-order valence-corrected chi connectivity index (χ0v) is 15.8. The Kier molecular flexibility index (Phi) is 3.83. The molecule has 5 heteroatoms. The first kappa shape index (κ1) is 16.3. The number of carbonyl (C=O) groups is 1. The van der Waals surface area contributed by atoms with Gasteiger partial charge in [-0.05, 0) is 42.7 Å². The second-order valence-corrected chi connectivity index (χ2v) is 7.99. The Morgan fingerprint density at radius 1 is 1.26 bits per heavy atom. The number of aromatic amines is 1. The second-order valence-electron chi connectivity index (χ2n) is 6.93. The van der Waals surface area contributed by atoms with Crippen LogP contribution < -0.4 is 4.90 Å². The van der Waals surface area contributed by atoms with Crippen LogP contribution in [0.15, 0.2) is 54.0 Å². The van der Waals surface area contributed by atoms with Crippen molar-refractivity contribution in [3.8, 4) is 11.3 Å². The van der Waals surface area contributed by atoms with Crippen LogP contribution in [0, 0.1) is 6.92 Å². The van der Waals surface area contributed by atoms with Crippen molar-refractivity contribution in [2.24, 2.45) is 0 Å². The first-order valence-corrected chi connectivity index (χ1v) is 9.98. The third-order valence-electron chi connectivity index (χ3n) is 5.21. The van der Waals surface area contributed by atoms with Crippen LogP contribution in [-0.4, -0.2) is 22.4 Å². The number of para-hydroxylation sites is 1. The number of aryl methyl sites for hydroxylation is 1. The number of carbonyl (C=O) groups excluding carboxylic acids is 1. The number of fused-ring (bicyclic) bond motifs is 2. The lowest BCUT2D eigenvalue weighted by Crippen LogP contribution is -2.30. The molecule has 1 aliphatic heterocycles. The topological polar surface area (TPSA) is 49.0 Å². The molecule has 134 valence electrons. The summed E-state index contributed by atoms with van der Waals surface area (Å²) in [5.74, 6) is 0.149. The fourth-order valence-electron chi connectivity index (χ4n) is 3.85. The summed E-state index contributed by atoms with van der Waals surface area (Å²) in [5.41, 5.74) is 6.54. The van der Waals surface area contributed by atoms with Crippen LogP contribution in [0.1, 0.15) is 16.1 Å². The molecule has 0 saturated carbocycles. The van der Waals surface area contributed by atoms with E-state index in [2.05, 4.69) is 39.6 Å². The second kappa shape index (κ2) is 6.35. The first-order valence-electron chi connectivity index (χ1n) is 9.10. The largest absolute Gasteiger partial charge is 0.361 e. The standard InChI is InChI=1S/C22H19N3OS/c1-14-24-20(13-27-14)15-6-7-21-16(10-15)8-9-25(21)22(26)11-17-12-23-19-5-3-2-4-18(17)19/h2-7,10,12-13,23H,8-9,11H2,1H3. The fourth-order valence-corrected chi connectivity index (χ4v) is 4.47. The van der Waals surface area contributed by atoms with Gasteiger partial charge in [-0.3, -0.25) is 4.79 Å². The van der Waals surface area contributed by atoms with Gasteiger partial charge in [0.25, 0.3) is 0 Å². The van der Waals surface area contributed by atoms with Crippen molar-refractivity contribution in [1.29, 1.82) is 0 Å². The summed E-state index contributed by atoms with van der Waals surface area (Å²) in [5, 5.41) is 4.28. The van der Waals surface area contributed by atoms with Crippen LogP contribution in [0.3, 0.4) is 0 Å². The number of anilines is 1. The minimum atomic E-state index is 0.149. The number of hydrogen-bond donors (Lipinski definition) is 1. The minimum Gasteiger partial charge on any atom is -0.361 e. The Morgan fingerprint density at radius 2 is 2.15 bits per heavy atom. The number of nitrogens with one attached hydrogen (secondary N) is 1. The summed E-state index contributed by atoms with van der Waals surface area (Å²) < 4.78 is 0. The monoisotopic (exact) mass is 373 g/mol. The number of hydrogen-bond acceptors (Lipinski definition) is 3. The average molecular weight is 373 g/mol. The van der Waals surface area contributed by atoms with E-state index in [0.717, 1.165) is 51.4 Å². The van der Waals surface area contributed by atoms with E-state index in [1.54, 1.807) is 11.3 Å². The number of aromatic nitrogens is 2. The third-order valence-corrected chi connectivity index (χ3v) is 5.98. The lowest BCUT2D eigenvalue weighted by Gasteiger charge is -2.17. The van der Waals surface area contributed by atoms with E-state index in [0.29, 0.717) is 6.42 Å². The number of H-pyrrole nitrogens is 1. The quantitative estimate of drug-likeness (QED) is 0.564. The summed E-state index contributed by atoms with van der Waals surface area (Å²) >= 11 is 1.66. The van der Waals surface area contributed by atoms with Gasteiger partial charge in [0.1, 0.15) is 0 Å². The molecule has 5 rings (SSSR count). The van der Waals surface area contributed by atoms with Crippen molar-refractivity contribution >= 4 is 33.8 Å². The summed E-state index contributed by atoms with van der Waals surface area (Å²) in [6, 6.07) is 14.4. The SMILES string of the molecule is Cc1nc(-c2ccc3c(c2)CCN3C(=O)Cc2c[nH]c3ccccc23)cs1. The summed E-state index contributed by atoms with van der Waals surface area (Å²) in [7, 11) is 0. The maximum Gasteiger partial charge on any atom is 0.231 e. The lowest BCUT2D eigenvalue weighted by molar-refractivity contribution is -0.117. The summed E-state index contributed by atoms with van der Waals surface area (Å²) in [6.07, 6.45) is 3.26. The molecular weight excluding hydrogens is 354 g/mol. The van der Waals surface area contributed by atoms with Crippen LogP contribution in [-0.2, 0) is 17.6 Å². The number of rotatable bonds is 3.